The first kappa shape index (κ1) is 15.5. The van der Waals surface area contributed by atoms with Gasteiger partial charge in [0.15, 0.2) is 4.21 Å². The first-order valence-electron chi connectivity index (χ1n) is 6.08. The van der Waals surface area contributed by atoms with E-state index in [0.29, 0.717) is 10.7 Å². The third-order valence-electron chi connectivity index (χ3n) is 2.65. The molecule has 1 heterocycles. The second-order valence-corrected chi connectivity index (χ2v) is 7.44. The van der Waals surface area contributed by atoms with Crippen molar-refractivity contribution < 1.29 is 13.5 Å². The monoisotopic (exact) mass is 322 g/mol. The third kappa shape index (κ3) is 3.82. The molecule has 2 N–H and O–H groups in total. The molecule has 1 aromatic heterocycles. The summed E-state index contributed by atoms with van der Waals surface area (Å²) in [5.74, 6) is 5.32. The summed E-state index contributed by atoms with van der Waals surface area (Å²) in [5, 5.41) is 9.36. The zero-order valence-corrected chi connectivity index (χ0v) is 13.2. The highest BCUT2D eigenvalue weighted by molar-refractivity contribution is 7.94. The zero-order valence-electron chi connectivity index (χ0n) is 11.5. The van der Waals surface area contributed by atoms with Crippen LogP contribution in [0.1, 0.15) is 16.1 Å². The smallest absolute Gasteiger partial charge is 0.273 e. The summed E-state index contributed by atoms with van der Waals surface area (Å²) in [6.07, 6.45) is 1.35. The van der Waals surface area contributed by atoms with E-state index in [0.717, 1.165) is 22.5 Å². The Balaban J connectivity index is 2.27. The number of benzene rings is 1. The van der Waals surface area contributed by atoms with Gasteiger partial charge in [0, 0.05) is 5.56 Å². The quantitative estimate of drug-likeness (QED) is 0.846. The Morgan fingerprint density at radius 1 is 1.38 bits per heavy atom. The molecular formula is C14H14N2O3S2. The molecule has 0 fully saturated rings. The minimum Gasteiger partial charge on any atom is -0.384 e. The van der Waals surface area contributed by atoms with Crippen molar-refractivity contribution in [3.63, 3.8) is 0 Å². The van der Waals surface area contributed by atoms with E-state index >= 15 is 0 Å². The molecule has 2 aromatic rings. The number of aromatic nitrogens is 1. The molecule has 0 aliphatic heterocycles. The number of sulfonamides is 1. The first-order chi connectivity index (χ1) is 9.92. The lowest BCUT2D eigenvalue weighted by atomic mass is 10.1. The van der Waals surface area contributed by atoms with Crippen molar-refractivity contribution in [3.8, 4) is 11.8 Å². The molecule has 0 spiro atoms. The van der Waals surface area contributed by atoms with Crippen molar-refractivity contribution in [2.75, 3.05) is 11.3 Å². The molecule has 0 bridgehead atoms. The molecule has 0 saturated carbocycles. The highest BCUT2D eigenvalue weighted by Gasteiger charge is 2.18. The number of aliphatic hydroxyl groups excluding tert-OH is 1. The highest BCUT2D eigenvalue weighted by atomic mass is 32.2. The average molecular weight is 322 g/mol. The van der Waals surface area contributed by atoms with E-state index in [9.17, 15) is 8.42 Å². The van der Waals surface area contributed by atoms with Gasteiger partial charge in [-0.15, -0.1) is 11.3 Å². The van der Waals surface area contributed by atoms with Crippen molar-refractivity contribution in [1.29, 1.82) is 0 Å². The predicted molar refractivity (Wildman–Crippen MR) is 82.8 cm³/mol. The SMILES string of the molecule is Cc1ncc(S(=O)(=O)Nc2ccc(C#CCO)cc2C)s1. The van der Waals surface area contributed by atoms with E-state index in [4.69, 9.17) is 5.11 Å². The number of aryl methyl sites for hydroxylation is 2. The summed E-state index contributed by atoms with van der Waals surface area (Å²) in [7, 11) is -3.61. The maximum atomic E-state index is 12.2. The van der Waals surface area contributed by atoms with Gasteiger partial charge < -0.3 is 5.11 Å². The molecule has 0 saturated heterocycles. The van der Waals surface area contributed by atoms with E-state index in [1.165, 1.54) is 6.20 Å². The molecule has 5 nitrogen and oxygen atoms in total. The van der Waals surface area contributed by atoms with Crippen LogP contribution in [0.4, 0.5) is 5.69 Å². The summed E-state index contributed by atoms with van der Waals surface area (Å²) in [6, 6.07) is 5.12. The van der Waals surface area contributed by atoms with E-state index in [1.807, 2.05) is 0 Å². The molecule has 110 valence electrons. The molecule has 0 atom stereocenters. The Kier molecular flexibility index (Phi) is 4.63. The van der Waals surface area contributed by atoms with Gasteiger partial charge in [0.05, 0.1) is 16.9 Å². The Labute approximate surface area is 127 Å². The van der Waals surface area contributed by atoms with Gasteiger partial charge in [0.2, 0.25) is 0 Å². The first-order valence-corrected chi connectivity index (χ1v) is 8.38. The summed E-state index contributed by atoms with van der Waals surface area (Å²) < 4.78 is 27.2. The number of nitrogens with one attached hydrogen (secondary N) is 1. The molecular weight excluding hydrogens is 308 g/mol. The topological polar surface area (TPSA) is 79.3 Å². The normalized spacial score (nSPS) is 10.8. The Morgan fingerprint density at radius 3 is 2.71 bits per heavy atom. The molecule has 2 rings (SSSR count). The lowest BCUT2D eigenvalue weighted by molar-refractivity contribution is 0.350. The van der Waals surface area contributed by atoms with Crippen molar-refractivity contribution in [3.05, 3.63) is 40.5 Å². The van der Waals surface area contributed by atoms with Crippen LogP contribution in [0.2, 0.25) is 0 Å². The Hall–Kier alpha value is -1.88. The fourth-order valence-corrected chi connectivity index (χ4v) is 3.90. The molecule has 0 amide bonds. The maximum absolute atomic E-state index is 12.2. The number of nitrogens with zero attached hydrogens (tertiary/aromatic N) is 1. The molecule has 0 aliphatic carbocycles. The van der Waals surface area contributed by atoms with Crippen molar-refractivity contribution >= 4 is 27.0 Å². The highest BCUT2D eigenvalue weighted by Crippen LogP contribution is 2.23. The second kappa shape index (κ2) is 6.26. The van der Waals surface area contributed by atoms with Gasteiger partial charge in [0.25, 0.3) is 10.0 Å². The van der Waals surface area contributed by atoms with Crippen molar-refractivity contribution in [2.45, 2.75) is 18.1 Å². The van der Waals surface area contributed by atoms with Crippen LogP contribution in [0.3, 0.4) is 0 Å². The van der Waals surface area contributed by atoms with Gasteiger partial charge in [-0.1, -0.05) is 11.8 Å². The van der Waals surface area contributed by atoms with Crippen LogP contribution in [0.15, 0.2) is 28.6 Å². The van der Waals surface area contributed by atoms with Crippen LogP contribution in [0, 0.1) is 25.7 Å². The van der Waals surface area contributed by atoms with Crippen LogP contribution in [0.25, 0.3) is 0 Å². The van der Waals surface area contributed by atoms with Crippen molar-refractivity contribution in [1.82, 2.24) is 4.98 Å². The van der Waals surface area contributed by atoms with Crippen LogP contribution in [-0.2, 0) is 10.0 Å². The number of hydrogen-bond donors (Lipinski definition) is 2. The standard InChI is InChI=1S/C14H14N2O3S2/c1-10-8-12(4-3-7-17)5-6-13(10)16-21(18,19)14-9-15-11(2)20-14/h5-6,8-9,16-17H,7H2,1-2H3. The van der Waals surface area contributed by atoms with E-state index < -0.39 is 10.0 Å². The predicted octanol–water partition coefficient (Wildman–Crippen LogP) is 1.90. The molecule has 0 unspecified atom stereocenters. The molecule has 7 heteroatoms. The van der Waals surface area contributed by atoms with Crippen LogP contribution < -0.4 is 4.72 Å². The minimum absolute atomic E-state index is 0.184. The number of thiazole rings is 1. The van der Waals surface area contributed by atoms with Crippen LogP contribution in [0.5, 0.6) is 0 Å². The van der Waals surface area contributed by atoms with Gasteiger partial charge >= 0.3 is 0 Å². The zero-order chi connectivity index (χ0) is 15.5. The van der Waals surface area contributed by atoms with Gasteiger partial charge in [0.1, 0.15) is 6.61 Å². The Morgan fingerprint density at radius 2 is 2.14 bits per heavy atom. The fourth-order valence-electron chi connectivity index (χ4n) is 1.66. The third-order valence-corrected chi connectivity index (χ3v) is 5.39. The largest absolute Gasteiger partial charge is 0.384 e. The molecule has 0 aliphatic rings. The number of anilines is 1. The van der Waals surface area contributed by atoms with Crippen LogP contribution in [-0.4, -0.2) is 25.1 Å². The lowest BCUT2D eigenvalue weighted by Gasteiger charge is -2.09. The van der Waals surface area contributed by atoms with Gasteiger partial charge in [-0.2, -0.15) is 0 Å². The van der Waals surface area contributed by atoms with Crippen molar-refractivity contribution in [2.24, 2.45) is 0 Å². The lowest BCUT2D eigenvalue weighted by Crippen LogP contribution is -2.12. The number of rotatable bonds is 3. The summed E-state index contributed by atoms with van der Waals surface area (Å²) in [4.78, 5) is 3.95. The maximum Gasteiger partial charge on any atom is 0.273 e. The van der Waals surface area contributed by atoms with Crippen LogP contribution >= 0.6 is 11.3 Å². The fraction of sp³-hybridized carbons (Fsp3) is 0.214. The van der Waals surface area contributed by atoms with E-state index in [-0.39, 0.29) is 10.8 Å². The molecule has 21 heavy (non-hydrogen) atoms. The van der Waals surface area contributed by atoms with E-state index in [1.54, 1.807) is 32.0 Å². The number of aliphatic hydroxyl groups is 1. The van der Waals surface area contributed by atoms with Gasteiger partial charge in [-0.3, -0.25) is 4.72 Å². The van der Waals surface area contributed by atoms with Gasteiger partial charge in [-0.25, -0.2) is 13.4 Å². The molecule has 0 radical (unpaired) electrons. The second-order valence-electron chi connectivity index (χ2n) is 4.29. The van der Waals surface area contributed by atoms with E-state index in [2.05, 4.69) is 21.5 Å². The number of hydrogen-bond acceptors (Lipinski definition) is 5. The average Bonchev–Trinajstić information content (AvgIpc) is 2.86. The summed E-state index contributed by atoms with van der Waals surface area (Å²) >= 11 is 1.12. The van der Waals surface area contributed by atoms with Gasteiger partial charge in [-0.05, 0) is 37.6 Å². The molecule has 1 aromatic carbocycles. The Bertz CT molecular complexity index is 814. The summed E-state index contributed by atoms with van der Waals surface area (Å²) in [5.41, 5.74) is 1.97. The summed E-state index contributed by atoms with van der Waals surface area (Å²) in [6.45, 7) is 3.33. The minimum atomic E-state index is -3.61.